The summed E-state index contributed by atoms with van der Waals surface area (Å²) in [6, 6.07) is 10.8. The second-order valence-corrected chi connectivity index (χ2v) is 10.3. The van der Waals surface area contributed by atoms with Crippen molar-refractivity contribution in [2.75, 3.05) is 31.5 Å². The number of carbonyl (C=O) groups is 1. The molecule has 1 heterocycles. The Labute approximate surface area is 218 Å². The van der Waals surface area contributed by atoms with Gasteiger partial charge in [-0.1, -0.05) is 31.5 Å². The lowest BCUT2D eigenvalue weighted by atomic mass is 10.2. The summed E-state index contributed by atoms with van der Waals surface area (Å²) in [5.74, 6) is -1.09. The molecule has 0 spiro atoms. The first-order valence-corrected chi connectivity index (χ1v) is 13.4. The molecule has 3 aromatic rings. The number of hydrogen-bond acceptors (Lipinski definition) is 5. The SMILES string of the molecule is CCN(CC)CCCNS(=O)(=O)c1cccc(NC(=O)c2cnn(-c3ccc(Cl)cc3)c2C(F)(F)F)c1. The van der Waals surface area contributed by atoms with Crippen LogP contribution in [0.25, 0.3) is 5.69 Å². The van der Waals surface area contributed by atoms with Gasteiger partial charge in [0, 0.05) is 17.3 Å². The summed E-state index contributed by atoms with van der Waals surface area (Å²) in [6.45, 7) is 6.71. The maximum Gasteiger partial charge on any atom is 0.434 e. The minimum atomic E-state index is -4.90. The summed E-state index contributed by atoms with van der Waals surface area (Å²) in [5, 5.41) is 6.42. The lowest BCUT2D eigenvalue weighted by Crippen LogP contribution is -2.30. The average Bonchev–Trinajstić information content (AvgIpc) is 3.31. The van der Waals surface area contributed by atoms with E-state index < -0.39 is 33.4 Å². The Morgan fingerprint density at radius 3 is 2.41 bits per heavy atom. The van der Waals surface area contributed by atoms with Gasteiger partial charge in [0.05, 0.1) is 22.3 Å². The molecule has 0 fully saturated rings. The molecule has 0 atom stereocenters. The van der Waals surface area contributed by atoms with E-state index in [9.17, 15) is 26.4 Å². The lowest BCUT2D eigenvalue weighted by molar-refractivity contribution is -0.143. The predicted molar refractivity (Wildman–Crippen MR) is 136 cm³/mol. The number of benzene rings is 2. The molecule has 0 aliphatic carbocycles. The first-order chi connectivity index (χ1) is 17.5. The van der Waals surface area contributed by atoms with Crippen LogP contribution in [0.1, 0.15) is 36.3 Å². The molecule has 0 aliphatic rings. The molecule has 2 N–H and O–H groups in total. The number of anilines is 1. The molecule has 8 nitrogen and oxygen atoms in total. The second kappa shape index (κ2) is 12.1. The normalized spacial score (nSPS) is 12.2. The van der Waals surface area contributed by atoms with Crippen LogP contribution in [-0.4, -0.2) is 55.2 Å². The first-order valence-electron chi connectivity index (χ1n) is 11.5. The van der Waals surface area contributed by atoms with Crippen molar-refractivity contribution in [3.05, 3.63) is 71.0 Å². The zero-order chi connectivity index (χ0) is 27.2. The molecule has 1 aromatic heterocycles. The van der Waals surface area contributed by atoms with Crippen LogP contribution >= 0.6 is 11.6 Å². The van der Waals surface area contributed by atoms with Crippen molar-refractivity contribution in [3.8, 4) is 5.69 Å². The molecule has 0 radical (unpaired) electrons. The van der Waals surface area contributed by atoms with Gasteiger partial charge in [0.15, 0.2) is 5.69 Å². The molecule has 3 rings (SSSR count). The van der Waals surface area contributed by atoms with Crippen molar-refractivity contribution in [1.29, 1.82) is 0 Å². The first kappa shape index (κ1) is 28.6. The van der Waals surface area contributed by atoms with Crippen LogP contribution in [0.4, 0.5) is 18.9 Å². The van der Waals surface area contributed by atoms with Gasteiger partial charge in [-0.2, -0.15) is 18.3 Å². The number of alkyl halides is 3. The van der Waals surface area contributed by atoms with Crippen molar-refractivity contribution in [2.45, 2.75) is 31.3 Å². The zero-order valence-electron chi connectivity index (χ0n) is 20.2. The molecular formula is C24H27ClF3N5O3S. The van der Waals surface area contributed by atoms with Crippen LogP contribution in [0.15, 0.2) is 59.6 Å². The Morgan fingerprint density at radius 2 is 1.78 bits per heavy atom. The summed E-state index contributed by atoms with van der Waals surface area (Å²) in [4.78, 5) is 14.9. The molecule has 0 unspecified atom stereocenters. The number of rotatable bonds is 11. The lowest BCUT2D eigenvalue weighted by Gasteiger charge is -2.17. The highest BCUT2D eigenvalue weighted by atomic mass is 35.5. The maximum atomic E-state index is 13.9. The summed E-state index contributed by atoms with van der Waals surface area (Å²) >= 11 is 5.81. The Balaban J connectivity index is 1.78. The van der Waals surface area contributed by atoms with Crippen LogP contribution < -0.4 is 10.0 Å². The molecule has 13 heteroatoms. The van der Waals surface area contributed by atoms with E-state index in [1.165, 1.54) is 48.5 Å². The summed E-state index contributed by atoms with van der Waals surface area (Å²) in [5.41, 5.74) is -1.91. The van der Waals surface area contributed by atoms with E-state index in [4.69, 9.17) is 11.6 Å². The fourth-order valence-corrected chi connectivity index (χ4v) is 4.88. The molecule has 200 valence electrons. The number of aromatic nitrogens is 2. The van der Waals surface area contributed by atoms with Gasteiger partial charge in [0.2, 0.25) is 10.0 Å². The number of sulfonamides is 1. The molecule has 0 bridgehead atoms. The Bertz CT molecular complexity index is 1320. The quantitative estimate of drug-likeness (QED) is 0.330. The molecule has 0 saturated heterocycles. The number of nitrogens with zero attached hydrogens (tertiary/aromatic N) is 3. The molecule has 0 saturated carbocycles. The van der Waals surface area contributed by atoms with Gasteiger partial charge in [-0.05, 0) is 68.5 Å². The third kappa shape index (κ3) is 7.31. The largest absolute Gasteiger partial charge is 0.434 e. The van der Waals surface area contributed by atoms with Crippen LogP contribution in [0, 0.1) is 0 Å². The second-order valence-electron chi connectivity index (χ2n) is 8.05. The van der Waals surface area contributed by atoms with Gasteiger partial charge in [-0.25, -0.2) is 17.8 Å². The van der Waals surface area contributed by atoms with Crippen LogP contribution in [0.2, 0.25) is 5.02 Å². The fourth-order valence-electron chi connectivity index (χ4n) is 3.64. The van der Waals surface area contributed by atoms with E-state index in [-0.39, 0.29) is 22.8 Å². The van der Waals surface area contributed by atoms with Gasteiger partial charge in [-0.3, -0.25) is 4.79 Å². The minimum absolute atomic E-state index is 0.0170. The van der Waals surface area contributed by atoms with Gasteiger partial charge in [-0.15, -0.1) is 0 Å². The van der Waals surface area contributed by atoms with E-state index >= 15 is 0 Å². The number of carbonyl (C=O) groups excluding carboxylic acids is 1. The van der Waals surface area contributed by atoms with Crippen LogP contribution in [-0.2, 0) is 16.2 Å². The highest BCUT2D eigenvalue weighted by Crippen LogP contribution is 2.34. The van der Waals surface area contributed by atoms with Crippen molar-refractivity contribution in [1.82, 2.24) is 19.4 Å². The molecule has 37 heavy (non-hydrogen) atoms. The third-order valence-electron chi connectivity index (χ3n) is 5.59. The van der Waals surface area contributed by atoms with E-state index in [2.05, 4.69) is 20.0 Å². The van der Waals surface area contributed by atoms with Crippen molar-refractivity contribution >= 4 is 33.2 Å². The van der Waals surface area contributed by atoms with Gasteiger partial charge in [0.1, 0.15) is 0 Å². The summed E-state index contributed by atoms with van der Waals surface area (Å²) in [6.07, 6.45) is -3.48. The van der Waals surface area contributed by atoms with Crippen molar-refractivity contribution in [2.24, 2.45) is 0 Å². The van der Waals surface area contributed by atoms with Crippen LogP contribution in [0.3, 0.4) is 0 Å². The number of hydrogen-bond donors (Lipinski definition) is 2. The number of nitrogens with one attached hydrogen (secondary N) is 2. The standard InChI is InChI=1S/C24H27ClF3N5O3S/c1-3-32(4-2)14-6-13-30-37(35,36)20-8-5-7-18(15-20)31-23(34)21-16-29-33(22(21)24(26,27)28)19-11-9-17(25)10-12-19/h5,7-12,15-16,30H,3-4,6,13-14H2,1-2H3,(H,31,34). The zero-order valence-corrected chi connectivity index (χ0v) is 21.8. The number of amides is 1. The average molecular weight is 558 g/mol. The molecule has 2 aromatic carbocycles. The predicted octanol–water partition coefficient (Wildman–Crippen LogP) is 4.81. The summed E-state index contributed by atoms with van der Waals surface area (Å²) in [7, 11) is -3.89. The Kier molecular flexibility index (Phi) is 9.35. The van der Waals surface area contributed by atoms with E-state index in [0.29, 0.717) is 16.1 Å². The fraction of sp³-hybridized carbons (Fsp3) is 0.333. The smallest absolute Gasteiger partial charge is 0.322 e. The summed E-state index contributed by atoms with van der Waals surface area (Å²) < 4.78 is 70.2. The van der Waals surface area contributed by atoms with E-state index in [1.54, 1.807) is 0 Å². The molecule has 0 aliphatic heterocycles. The molecule has 1 amide bonds. The third-order valence-corrected chi connectivity index (χ3v) is 7.30. The highest BCUT2D eigenvalue weighted by Gasteiger charge is 2.40. The Morgan fingerprint density at radius 1 is 1.11 bits per heavy atom. The molecular weight excluding hydrogens is 531 g/mol. The van der Waals surface area contributed by atoms with Crippen molar-refractivity contribution < 1.29 is 26.4 Å². The maximum absolute atomic E-state index is 13.9. The monoisotopic (exact) mass is 557 g/mol. The van der Waals surface area contributed by atoms with Crippen LogP contribution in [0.5, 0.6) is 0 Å². The topological polar surface area (TPSA) is 96.3 Å². The highest BCUT2D eigenvalue weighted by molar-refractivity contribution is 7.89. The van der Waals surface area contributed by atoms with E-state index in [0.717, 1.165) is 25.8 Å². The number of halogens is 4. The van der Waals surface area contributed by atoms with Gasteiger partial charge < -0.3 is 10.2 Å². The van der Waals surface area contributed by atoms with Gasteiger partial charge >= 0.3 is 6.18 Å². The van der Waals surface area contributed by atoms with Crippen molar-refractivity contribution in [3.63, 3.8) is 0 Å². The van der Waals surface area contributed by atoms with E-state index in [1.807, 2.05) is 13.8 Å². The van der Waals surface area contributed by atoms with Gasteiger partial charge in [0.25, 0.3) is 5.91 Å². The Hall–Kier alpha value is -2.93. The minimum Gasteiger partial charge on any atom is -0.322 e.